The molecule has 0 unspecified atom stereocenters. The van der Waals surface area contributed by atoms with Gasteiger partial charge in [0.25, 0.3) is 0 Å². The zero-order chi connectivity index (χ0) is 27.3. The number of halogens is 2. The molecule has 0 fully saturated rings. The van der Waals surface area contributed by atoms with E-state index in [4.69, 9.17) is 16.3 Å². The van der Waals surface area contributed by atoms with Crippen LogP contribution in [0.4, 0.5) is 0 Å². The molecule has 0 saturated carbocycles. The summed E-state index contributed by atoms with van der Waals surface area (Å²) in [6, 6.07) is 11.2. The van der Waals surface area contributed by atoms with Crippen molar-refractivity contribution in [2.75, 3.05) is 59.0 Å². The summed E-state index contributed by atoms with van der Waals surface area (Å²) in [5.74, 6) is 0.185. The highest BCUT2D eigenvalue weighted by Gasteiger charge is 2.15. The molecule has 11 heteroatoms. The van der Waals surface area contributed by atoms with E-state index in [1.165, 1.54) is 0 Å². The number of hydrogen-bond acceptors (Lipinski definition) is 7. The van der Waals surface area contributed by atoms with Gasteiger partial charge in [-0.25, -0.2) is 0 Å². The number of rotatable bonds is 17. The first kappa shape index (κ1) is 33.3. The van der Waals surface area contributed by atoms with Gasteiger partial charge in [-0.15, -0.1) is 17.0 Å². The number of amides is 1. The number of fused-ring (bicyclic) bond motifs is 1. The van der Waals surface area contributed by atoms with Crippen molar-refractivity contribution < 1.29 is 14.6 Å². The second-order valence-corrected chi connectivity index (χ2v) is 10.5. The number of aromatic nitrogens is 1. The smallest absolute Gasteiger partial charge is 0.305 e. The summed E-state index contributed by atoms with van der Waals surface area (Å²) in [5, 5.41) is 14.1. The number of phenols is 1. The standard InChI is InChI=1S/C28H39ClN4O4S.BrH/c1-3-32(4-2)16-17-33(25(35)12-19-37-18-11-21-6-5-7-23(29)20-21)15-14-30-13-10-22-8-9-24(34)26-27(22)38-28(36)31-26;/h5-9,20,30,34H,3-4,10-19H2,1-2H3,(H,31,36);1H. The van der Waals surface area contributed by atoms with Crippen molar-refractivity contribution in [1.82, 2.24) is 20.1 Å². The normalized spacial score (nSPS) is 11.2. The molecule has 0 aliphatic heterocycles. The molecule has 0 aliphatic carbocycles. The van der Waals surface area contributed by atoms with Gasteiger partial charge in [-0.3, -0.25) is 9.59 Å². The Kier molecular flexibility index (Phi) is 15.1. The van der Waals surface area contributed by atoms with E-state index in [1.807, 2.05) is 35.2 Å². The zero-order valence-electron chi connectivity index (χ0n) is 22.7. The van der Waals surface area contributed by atoms with Crippen LogP contribution in [0.3, 0.4) is 0 Å². The van der Waals surface area contributed by atoms with Crippen LogP contribution < -0.4 is 10.2 Å². The Morgan fingerprint density at radius 3 is 2.62 bits per heavy atom. The molecule has 3 rings (SSSR count). The maximum atomic E-state index is 13.0. The molecule has 216 valence electrons. The van der Waals surface area contributed by atoms with Crippen LogP contribution in [0.15, 0.2) is 41.2 Å². The van der Waals surface area contributed by atoms with E-state index in [1.54, 1.807) is 6.07 Å². The van der Waals surface area contributed by atoms with Crippen LogP contribution in [0.5, 0.6) is 5.75 Å². The summed E-state index contributed by atoms with van der Waals surface area (Å²) >= 11 is 7.15. The van der Waals surface area contributed by atoms with E-state index < -0.39 is 0 Å². The van der Waals surface area contributed by atoms with Crippen LogP contribution in [0, 0.1) is 0 Å². The van der Waals surface area contributed by atoms with Crippen molar-refractivity contribution in [3.05, 3.63) is 62.2 Å². The summed E-state index contributed by atoms with van der Waals surface area (Å²) in [5.41, 5.74) is 2.63. The predicted molar refractivity (Wildman–Crippen MR) is 166 cm³/mol. The van der Waals surface area contributed by atoms with Crippen molar-refractivity contribution in [1.29, 1.82) is 0 Å². The second kappa shape index (κ2) is 17.7. The molecule has 8 nitrogen and oxygen atoms in total. The third kappa shape index (κ3) is 10.9. The summed E-state index contributed by atoms with van der Waals surface area (Å²) in [6.45, 7) is 10.6. The van der Waals surface area contributed by atoms with Gasteiger partial charge in [-0.1, -0.05) is 55.0 Å². The Morgan fingerprint density at radius 2 is 1.87 bits per heavy atom. The molecule has 0 aliphatic rings. The molecule has 2 aromatic carbocycles. The largest absolute Gasteiger partial charge is 0.506 e. The molecule has 0 bridgehead atoms. The van der Waals surface area contributed by atoms with Crippen LogP contribution in [-0.2, 0) is 22.4 Å². The fraction of sp³-hybridized carbons (Fsp3) is 0.500. The van der Waals surface area contributed by atoms with Crippen molar-refractivity contribution in [2.45, 2.75) is 33.1 Å². The molecular weight excluding hydrogens is 604 g/mol. The number of aromatic hydroxyl groups is 1. The molecule has 0 atom stereocenters. The third-order valence-corrected chi connectivity index (χ3v) is 7.78. The Labute approximate surface area is 250 Å². The number of nitrogens with one attached hydrogen (secondary N) is 2. The topological polar surface area (TPSA) is 97.9 Å². The molecule has 0 saturated heterocycles. The van der Waals surface area contributed by atoms with Crippen molar-refractivity contribution in [3.63, 3.8) is 0 Å². The number of aromatic amines is 1. The number of carbonyl (C=O) groups is 1. The van der Waals surface area contributed by atoms with E-state index in [0.717, 1.165) is 59.6 Å². The predicted octanol–water partition coefficient (Wildman–Crippen LogP) is 4.48. The van der Waals surface area contributed by atoms with Crippen LogP contribution in [0.2, 0.25) is 5.02 Å². The minimum atomic E-state index is -0.175. The summed E-state index contributed by atoms with van der Waals surface area (Å²) in [6.07, 6.45) is 1.83. The van der Waals surface area contributed by atoms with Crippen LogP contribution in [-0.4, -0.2) is 84.8 Å². The molecule has 3 N–H and O–H groups in total. The number of thiazole rings is 1. The maximum absolute atomic E-state index is 13.0. The number of carbonyl (C=O) groups excluding carboxylic acids is 1. The highest BCUT2D eigenvalue weighted by molar-refractivity contribution is 8.93. The molecule has 1 heterocycles. The Hall–Kier alpha value is -1.95. The number of phenolic OH excluding ortho intramolecular Hbond substituents is 1. The lowest BCUT2D eigenvalue weighted by atomic mass is 10.1. The number of benzene rings is 2. The lowest BCUT2D eigenvalue weighted by Crippen LogP contribution is -2.42. The minimum absolute atomic E-state index is 0. The van der Waals surface area contributed by atoms with Gasteiger partial charge in [-0.2, -0.15) is 0 Å². The monoisotopic (exact) mass is 642 g/mol. The summed E-state index contributed by atoms with van der Waals surface area (Å²) in [7, 11) is 0. The van der Waals surface area contributed by atoms with Gasteiger partial charge < -0.3 is 29.9 Å². The number of nitrogens with zero attached hydrogens (tertiary/aromatic N) is 2. The highest BCUT2D eigenvalue weighted by atomic mass is 79.9. The van der Waals surface area contributed by atoms with E-state index >= 15 is 0 Å². The van der Waals surface area contributed by atoms with Gasteiger partial charge in [0.1, 0.15) is 11.3 Å². The van der Waals surface area contributed by atoms with Gasteiger partial charge in [-0.05, 0) is 61.8 Å². The quantitative estimate of drug-likeness (QED) is 0.188. The second-order valence-electron chi connectivity index (χ2n) is 9.11. The van der Waals surface area contributed by atoms with Crippen molar-refractivity contribution >= 4 is 56.0 Å². The highest BCUT2D eigenvalue weighted by Crippen LogP contribution is 2.27. The number of likely N-dealkylation sites (N-methyl/N-ethyl adjacent to an activating group) is 1. The van der Waals surface area contributed by atoms with E-state index in [-0.39, 0.29) is 33.5 Å². The number of H-pyrrole nitrogens is 1. The lowest BCUT2D eigenvalue weighted by Gasteiger charge is -2.27. The van der Waals surface area contributed by atoms with Crippen LogP contribution in [0.25, 0.3) is 10.2 Å². The first-order valence-electron chi connectivity index (χ1n) is 13.3. The average Bonchev–Trinajstić information content (AvgIpc) is 3.31. The van der Waals surface area contributed by atoms with Crippen molar-refractivity contribution in [3.8, 4) is 5.75 Å². The molecule has 0 radical (unpaired) electrons. The molecule has 0 spiro atoms. The van der Waals surface area contributed by atoms with Gasteiger partial charge in [0, 0.05) is 31.2 Å². The van der Waals surface area contributed by atoms with Gasteiger partial charge in [0.2, 0.25) is 5.91 Å². The number of ether oxygens (including phenoxy) is 1. The van der Waals surface area contributed by atoms with Gasteiger partial charge in [0.05, 0.1) is 24.3 Å². The summed E-state index contributed by atoms with van der Waals surface area (Å²) in [4.78, 5) is 31.5. The minimum Gasteiger partial charge on any atom is -0.506 e. The fourth-order valence-electron chi connectivity index (χ4n) is 4.30. The molecule has 3 aromatic rings. The molecule has 1 aromatic heterocycles. The summed E-state index contributed by atoms with van der Waals surface area (Å²) < 4.78 is 6.54. The zero-order valence-corrected chi connectivity index (χ0v) is 26.0. The first-order chi connectivity index (χ1) is 18.4. The number of hydrogen-bond donors (Lipinski definition) is 3. The van der Waals surface area contributed by atoms with Crippen molar-refractivity contribution in [2.24, 2.45) is 0 Å². The van der Waals surface area contributed by atoms with E-state index in [9.17, 15) is 14.7 Å². The van der Waals surface area contributed by atoms with Gasteiger partial charge >= 0.3 is 4.87 Å². The lowest BCUT2D eigenvalue weighted by molar-refractivity contribution is -0.132. The molecule has 1 amide bonds. The van der Waals surface area contributed by atoms with E-state index in [0.29, 0.717) is 56.4 Å². The molecular formula is C28H40BrClN4O4S. The third-order valence-electron chi connectivity index (χ3n) is 6.59. The van der Waals surface area contributed by atoms with Gasteiger partial charge in [0.15, 0.2) is 0 Å². The average molecular weight is 644 g/mol. The Bertz CT molecular complexity index is 1220. The maximum Gasteiger partial charge on any atom is 0.305 e. The van der Waals surface area contributed by atoms with E-state index in [2.05, 4.69) is 29.0 Å². The molecule has 39 heavy (non-hydrogen) atoms. The SMILES string of the molecule is Br.CCN(CC)CCN(CCNCCc1ccc(O)c2[nH]c(=O)sc12)C(=O)CCOCCc1cccc(Cl)c1. The van der Waals surface area contributed by atoms with Crippen LogP contribution >= 0.6 is 39.9 Å². The van der Waals surface area contributed by atoms with Crippen LogP contribution in [0.1, 0.15) is 31.4 Å². The Balaban J connectivity index is 0.00000533. The fourth-order valence-corrected chi connectivity index (χ4v) is 5.41. The first-order valence-corrected chi connectivity index (χ1v) is 14.5. The Morgan fingerprint density at radius 1 is 1.08 bits per heavy atom.